The number of aliphatic carboxylic acids is 1. The van der Waals surface area contributed by atoms with Gasteiger partial charge in [-0.05, 0) is 44.4 Å². The highest BCUT2D eigenvalue weighted by molar-refractivity contribution is 5.76. The Morgan fingerprint density at radius 3 is 2.30 bits per heavy atom. The summed E-state index contributed by atoms with van der Waals surface area (Å²) < 4.78 is 0. The third-order valence-electron chi connectivity index (χ3n) is 5.47. The second-order valence-corrected chi connectivity index (χ2v) is 6.74. The summed E-state index contributed by atoms with van der Waals surface area (Å²) in [5.74, 6) is 0.420. The molecule has 0 radical (unpaired) electrons. The van der Waals surface area contributed by atoms with Crippen LogP contribution in [0, 0.1) is 17.8 Å². The number of likely N-dealkylation sites (tertiary alicyclic amines) is 2. The number of carboxylic acids is 1. The zero-order valence-electron chi connectivity index (χ0n) is 12.1. The maximum absolute atomic E-state index is 12.6. The van der Waals surface area contributed by atoms with Crippen LogP contribution in [-0.2, 0) is 4.79 Å². The Bertz CT molecular complexity index is 400. The number of fused-ring (bicyclic) bond motifs is 1. The zero-order chi connectivity index (χ0) is 14.3. The van der Waals surface area contributed by atoms with E-state index in [0.29, 0.717) is 31.2 Å². The first-order valence-electron chi connectivity index (χ1n) is 7.84. The van der Waals surface area contributed by atoms with Crippen LogP contribution in [0.15, 0.2) is 0 Å². The normalized spacial score (nSPS) is 37.0. The number of amides is 2. The van der Waals surface area contributed by atoms with Gasteiger partial charge in [-0.1, -0.05) is 6.42 Å². The molecule has 5 heteroatoms. The van der Waals surface area contributed by atoms with Gasteiger partial charge in [-0.2, -0.15) is 0 Å². The van der Waals surface area contributed by atoms with Crippen LogP contribution in [0.25, 0.3) is 0 Å². The van der Waals surface area contributed by atoms with E-state index in [1.54, 1.807) is 0 Å². The molecule has 20 heavy (non-hydrogen) atoms. The van der Waals surface area contributed by atoms with Crippen molar-refractivity contribution in [1.29, 1.82) is 0 Å². The predicted molar refractivity (Wildman–Crippen MR) is 74.3 cm³/mol. The third kappa shape index (κ3) is 2.38. The minimum absolute atomic E-state index is 0.0396. The smallest absolute Gasteiger partial charge is 0.320 e. The fourth-order valence-electron chi connectivity index (χ4n) is 4.25. The van der Waals surface area contributed by atoms with Gasteiger partial charge in [0.1, 0.15) is 0 Å². The van der Waals surface area contributed by atoms with Crippen molar-refractivity contribution in [1.82, 2.24) is 9.80 Å². The molecule has 3 fully saturated rings. The average molecular weight is 280 g/mol. The van der Waals surface area contributed by atoms with Gasteiger partial charge >= 0.3 is 12.0 Å². The van der Waals surface area contributed by atoms with E-state index in [-0.39, 0.29) is 18.0 Å². The molecule has 1 aliphatic carbocycles. The number of nitrogens with zero attached hydrogens (tertiary/aromatic N) is 2. The molecule has 2 amide bonds. The fourth-order valence-corrected chi connectivity index (χ4v) is 4.25. The van der Waals surface area contributed by atoms with Crippen molar-refractivity contribution in [2.45, 2.75) is 45.1 Å². The summed E-state index contributed by atoms with van der Waals surface area (Å²) in [6, 6.07) is 0.175. The third-order valence-corrected chi connectivity index (χ3v) is 5.47. The van der Waals surface area contributed by atoms with E-state index >= 15 is 0 Å². The molecule has 3 aliphatic rings. The molecule has 4 atom stereocenters. The maximum atomic E-state index is 12.6. The summed E-state index contributed by atoms with van der Waals surface area (Å²) >= 11 is 0. The number of hydrogen-bond acceptors (Lipinski definition) is 2. The highest BCUT2D eigenvalue weighted by atomic mass is 16.4. The van der Waals surface area contributed by atoms with Gasteiger partial charge in [0, 0.05) is 25.7 Å². The zero-order valence-corrected chi connectivity index (χ0v) is 12.1. The van der Waals surface area contributed by atoms with Crippen LogP contribution in [0.5, 0.6) is 0 Å². The van der Waals surface area contributed by atoms with Crippen LogP contribution in [0.4, 0.5) is 4.79 Å². The molecule has 3 rings (SSSR count). The van der Waals surface area contributed by atoms with E-state index in [2.05, 4.69) is 0 Å². The number of urea groups is 1. The molecule has 0 bridgehead atoms. The van der Waals surface area contributed by atoms with Gasteiger partial charge in [-0.25, -0.2) is 4.79 Å². The van der Waals surface area contributed by atoms with Crippen LogP contribution in [0.2, 0.25) is 0 Å². The van der Waals surface area contributed by atoms with Gasteiger partial charge in [0.15, 0.2) is 0 Å². The minimum atomic E-state index is -0.723. The van der Waals surface area contributed by atoms with E-state index in [9.17, 15) is 9.59 Å². The Morgan fingerprint density at radius 1 is 1.10 bits per heavy atom. The first-order valence-corrected chi connectivity index (χ1v) is 7.84. The second-order valence-electron chi connectivity index (χ2n) is 6.74. The summed E-state index contributed by atoms with van der Waals surface area (Å²) in [6.45, 7) is 4.39. The lowest BCUT2D eigenvalue weighted by Crippen LogP contribution is -2.51. The van der Waals surface area contributed by atoms with Gasteiger partial charge in [0.25, 0.3) is 0 Å². The SMILES string of the molecule is CC1CC(C(=O)O)CCN1C(=O)N1CC2CCCC2C1. The summed E-state index contributed by atoms with van der Waals surface area (Å²) in [6.07, 6.45) is 5.03. The monoisotopic (exact) mass is 280 g/mol. The van der Waals surface area contributed by atoms with E-state index in [4.69, 9.17) is 5.11 Å². The van der Waals surface area contributed by atoms with E-state index in [1.807, 2.05) is 16.7 Å². The highest BCUT2D eigenvalue weighted by Gasteiger charge is 2.41. The van der Waals surface area contributed by atoms with Crippen LogP contribution in [0.1, 0.15) is 39.0 Å². The predicted octanol–water partition coefficient (Wildman–Crippen LogP) is 2.02. The van der Waals surface area contributed by atoms with E-state index < -0.39 is 5.97 Å². The first-order chi connectivity index (χ1) is 9.56. The molecule has 0 spiro atoms. The first kappa shape index (κ1) is 13.7. The molecule has 4 unspecified atom stereocenters. The summed E-state index contributed by atoms with van der Waals surface area (Å²) in [5, 5.41) is 9.09. The number of piperidine rings is 1. The quantitative estimate of drug-likeness (QED) is 0.799. The number of carbonyl (C=O) groups is 2. The van der Waals surface area contributed by atoms with Crippen molar-refractivity contribution < 1.29 is 14.7 Å². The number of rotatable bonds is 1. The van der Waals surface area contributed by atoms with Crippen LogP contribution < -0.4 is 0 Å². The maximum Gasteiger partial charge on any atom is 0.320 e. The Balaban J connectivity index is 1.59. The number of hydrogen-bond donors (Lipinski definition) is 1. The summed E-state index contributed by atoms with van der Waals surface area (Å²) in [4.78, 5) is 27.6. The molecule has 0 aromatic rings. The van der Waals surface area contributed by atoms with Crippen molar-refractivity contribution in [2.75, 3.05) is 19.6 Å². The van der Waals surface area contributed by atoms with Crippen molar-refractivity contribution in [2.24, 2.45) is 17.8 Å². The molecule has 2 aliphatic heterocycles. The van der Waals surface area contributed by atoms with Crippen molar-refractivity contribution in [3.63, 3.8) is 0 Å². The molecule has 0 aromatic carbocycles. The topological polar surface area (TPSA) is 60.9 Å². The average Bonchev–Trinajstić information content (AvgIpc) is 2.98. The van der Waals surface area contributed by atoms with Gasteiger partial charge in [-0.3, -0.25) is 4.79 Å². The van der Waals surface area contributed by atoms with Gasteiger partial charge < -0.3 is 14.9 Å². The molecular weight excluding hydrogens is 256 g/mol. The fraction of sp³-hybridized carbons (Fsp3) is 0.867. The van der Waals surface area contributed by atoms with Crippen LogP contribution >= 0.6 is 0 Å². The molecule has 2 saturated heterocycles. The molecule has 112 valence electrons. The lowest BCUT2D eigenvalue weighted by atomic mass is 9.92. The van der Waals surface area contributed by atoms with Gasteiger partial charge in [0.2, 0.25) is 0 Å². The molecule has 0 aromatic heterocycles. The minimum Gasteiger partial charge on any atom is -0.481 e. The Labute approximate surface area is 119 Å². The van der Waals surface area contributed by atoms with Crippen LogP contribution in [-0.4, -0.2) is 52.6 Å². The lowest BCUT2D eigenvalue weighted by Gasteiger charge is -2.38. The van der Waals surface area contributed by atoms with Crippen molar-refractivity contribution in [3.8, 4) is 0 Å². The highest BCUT2D eigenvalue weighted by Crippen LogP contribution is 2.38. The van der Waals surface area contributed by atoms with E-state index in [1.165, 1.54) is 19.3 Å². The largest absolute Gasteiger partial charge is 0.481 e. The van der Waals surface area contributed by atoms with Crippen LogP contribution in [0.3, 0.4) is 0 Å². The second kappa shape index (κ2) is 5.26. The summed E-state index contributed by atoms with van der Waals surface area (Å²) in [7, 11) is 0. The van der Waals surface area contributed by atoms with Gasteiger partial charge in [-0.15, -0.1) is 0 Å². The Kier molecular flexibility index (Phi) is 3.61. The molecule has 2 heterocycles. The standard InChI is InChI=1S/C15H24N2O3/c1-10-7-11(14(18)19)5-6-17(10)15(20)16-8-12-3-2-4-13(12)9-16/h10-13H,2-9H2,1H3,(H,18,19). The Hall–Kier alpha value is -1.26. The molecule has 5 nitrogen and oxygen atoms in total. The summed E-state index contributed by atoms with van der Waals surface area (Å²) in [5.41, 5.74) is 0. The van der Waals surface area contributed by atoms with Crippen molar-refractivity contribution >= 4 is 12.0 Å². The lowest BCUT2D eigenvalue weighted by molar-refractivity contribution is -0.143. The molecule has 1 saturated carbocycles. The number of carboxylic acid groups (broad SMARTS) is 1. The van der Waals surface area contributed by atoms with Gasteiger partial charge in [0.05, 0.1) is 5.92 Å². The Morgan fingerprint density at radius 2 is 1.75 bits per heavy atom. The number of carbonyl (C=O) groups excluding carboxylic acids is 1. The molecular formula is C15H24N2O3. The van der Waals surface area contributed by atoms with Crippen molar-refractivity contribution in [3.05, 3.63) is 0 Å². The van der Waals surface area contributed by atoms with E-state index in [0.717, 1.165) is 13.1 Å². The molecule has 1 N–H and O–H groups in total.